The van der Waals surface area contributed by atoms with Crippen molar-refractivity contribution >= 4 is 54.4 Å². The maximum Gasteiger partial charge on any atom is 0.162 e. The summed E-state index contributed by atoms with van der Waals surface area (Å²) in [4.78, 5) is 11.1. The molecular formula is C47H32N4. The molecule has 0 atom stereocenters. The van der Waals surface area contributed by atoms with Gasteiger partial charge in [-0.3, -0.25) is 4.57 Å². The minimum atomic E-state index is -0.304. The molecule has 0 radical (unpaired) electrons. The van der Waals surface area contributed by atoms with Crippen LogP contribution in [0.2, 0.25) is 0 Å². The molecule has 0 spiro atoms. The van der Waals surface area contributed by atoms with Crippen molar-refractivity contribution in [1.29, 1.82) is 0 Å². The summed E-state index contributed by atoms with van der Waals surface area (Å²) >= 11 is 0. The Morgan fingerprint density at radius 2 is 1.08 bits per heavy atom. The highest BCUT2D eigenvalue weighted by Gasteiger charge is 2.41. The highest BCUT2D eigenvalue weighted by molar-refractivity contribution is 6.14. The zero-order chi connectivity index (χ0) is 33.8. The number of hydrogen-bond acceptors (Lipinski definition) is 2. The van der Waals surface area contributed by atoms with Crippen LogP contribution in [0.4, 0.5) is 0 Å². The first-order chi connectivity index (χ1) is 25.1. The van der Waals surface area contributed by atoms with Gasteiger partial charge in [-0.05, 0) is 70.9 Å². The molecule has 0 aliphatic heterocycles. The normalized spacial score (nSPS) is 13.5. The minimum absolute atomic E-state index is 0.304. The lowest BCUT2D eigenvalue weighted by molar-refractivity contribution is 0.650. The van der Waals surface area contributed by atoms with E-state index in [1.165, 1.54) is 49.0 Å². The van der Waals surface area contributed by atoms with Gasteiger partial charge in [0.15, 0.2) is 5.82 Å². The zero-order valence-electron chi connectivity index (χ0n) is 28.3. The van der Waals surface area contributed by atoms with Crippen molar-refractivity contribution in [2.75, 3.05) is 0 Å². The first-order valence-corrected chi connectivity index (χ1v) is 17.6. The summed E-state index contributed by atoms with van der Waals surface area (Å²) in [7, 11) is 0. The van der Waals surface area contributed by atoms with Gasteiger partial charge < -0.3 is 4.57 Å². The van der Waals surface area contributed by atoms with Crippen LogP contribution in [-0.4, -0.2) is 19.1 Å². The average molecular weight is 653 g/mol. The molecule has 240 valence electrons. The van der Waals surface area contributed by atoms with Crippen molar-refractivity contribution in [1.82, 2.24) is 19.1 Å². The summed E-state index contributed by atoms with van der Waals surface area (Å²) in [6.07, 6.45) is 0. The van der Waals surface area contributed by atoms with Crippen molar-refractivity contribution in [3.05, 3.63) is 169 Å². The number of aromatic nitrogens is 4. The highest BCUT2D eigenvalue weighted by atomic mass is 15.1. The average Bonchev–Trinajstić information content (AvgIpc) is 3.76. The van der Waals surface area contributed by atoms with E-state index < -0.39 is 0 Å². The molecule has 0 fully saturated rings. The SMILES string of the molecule is CC1(C)c2ccccc2-c2nc(-c3ccc4c(c3)c3ccccc3n4-c3ccccc3)nc(-n3c4ccccc4c4cc5ccccc5cc43)c21. The Morgan fingerprint density at radius 1 is 0.471 bits per heavy atom. The Hall–Kier alpha value is -6.52. The van der Waals surface area contributed by atoms with Gasteiger partial charge in [-0.15, -0.1) is 0 Å². The fourth-order valence-electron chi connectivity index (χ4n) is 8.73. The van der Waals surface area contributed by atoms with Crippen LogP contribution < -0.4 is 0 Å². The maximum absolute atomic E-state index is 5.61. The lowest BCUT2D eigenvalue weighted by Gasteiger charge is -2.24. The van der Waals surface area contributed by atoms with E-state index in [1.807, 2.05) is 0 Å². The number of fused-ring (bicyclic) bond motifs is 10. The van der Waals surface area contributed by atoms with Gasteiger partial charge in [-0.25, -0.2) is 9.97 Å². The number of nitrogens with zero attached hydrogens (tertiary/aromatic N) is 4. The number of rotatable bonds is 3. The molecule has 1 aliphatic carbocycles. The fraction of sp³-hybridized carbons (Fsp3) is 0.0638. The van der Waals surface area contributed by atoms with E-state index in [0.717, 1.165) is 50.7 Å². The molecule has 0 unspecified atom stereocenters. The molecule has 4 heteroatoms. The number of benzene rings is 7. The second-order valence-corrected chi connectivity index (χ2v) is 14.3. The van der Waals surface area contributed by atoms with Gasteiger partial charge >= 0.3 is 0 Å². The van der Waals surface area contributed by atoms with E-state index in [-0.39, 0.29) is 5.41 Å². The third kappa shape index (κ3) is 3.90. The largest absolute Gasteiger partial charge is 0.309 e. The Balaban J connectivity index is 1.24. The van der Waals surface area contributed by atoms with Crippen LogP contribution in [0.5, 0.6) is 0 Å². The minimum Gasteiger partial charge on any atom is -0.309 e. The van der Waals surface area contributed by atoms with Gasteiger partial charge in [0.05, 0.1) is 27.8 Å². The van der Waals surface area contributed by atoms with E-state index in [0.29, 0.717) is 0 Å². The molecule has 51 heavy (non-hydrogen) atoms. The standard InChI is InChI=1S/C47H32N4/c1-47(2)38-21-11-8-20-35(38)44-43(47)46(51-40-23-13-10-19-34(40)37-26-29-14-6-7-15-30(29)28-42(37)51)49-45(48-44)31-24-25-41-36(27-31)33-18-9-12-22-39(33)50(41)32-16-4-3-5-17-32/h3-28H,1-2H3. The monoisotopic (exact) mass is 652 g/mol. The van der Waals surface area contributed by atoms with Crippen molar-refractivity contribution in [2.45, 2.75) is 19.3 Å². The molecule has 0 bridgehead atoms. The van der Waals surface area contributed by atoms with E-state index in [4.69, 9.17) is 9.97 Å². The van der Waals surface area contributed by atoms with Crippen LogP contribution in [0.25, 0.3) is 88.5 Å². The Kier molecular flexibility index (Phi) is 5.70. The van der Waals surface area contributed by atoms with Gasteiger partial charge in [0, 0.05) is 49.3 Å². The second-order valence-electron chi connectivity index (χ2n) is 14.3. The van der Waals surface area contributed by atoms with Crippen LogP contribution in [0, 0.1) is 0 Å². The zero-order valence-corrected chi connectivity index (χ0v) is 28.3. The smallest absolute Gasteiger partial charge is 0.162 e. The van der Waals surface area contributed by atoms with Crippen molar-refractivity contribution in [3.8, 4) is 34.2 Å². The van der Waals surface area contributed by atoms with Crippen LogP contribution in [-0.2, 0) is 5.41 Å². The summed E-state index contributed by atoms with van der Waals surface area (Å²) in [5, 5.41) is 7.28. The summed E-state index contributed by atoms with van der Waals surface area (Å²) in [5.41, 5.74) is 11.1. The predicted octanol–water partition coefficient (Wildman–Crippen LogP) is 11.8. The molecule has 11 rings (SSSR count). The Morgan fingerprint density at radius 3 is 1.86 bits per heavy atom. The third-order valence-electron chi connectivity index (χ3n) is 11.1. The molecule has 1 aliphatic rings. The topological polar surface area (TPSA) is 35.6 Å². The van der Waals surface area contributed by atoms with Crippen LogP contribution in [0.15, 0.2) is 158 Å². The molecule has 10 aromatic rings. The highest BCUT2D eigenvalue weighted by Crippen LogP contribution is 2.51. The maximum atomic E-state index is 5.61. The molecule has 0 saturated heterocycles. The van der Waals surface area contributed by atoms with Crippen LogP contribution >= 0.6 is 0 Å². The van der Waals surface area contributed by atoms with Crippen LogP contribution in [0.3, 0.4) is 0 Å². The second kappa shape index (κ2) is 10.3. The molecule has 3 aromatic heterocycles. The number of hydrogen-bond donors (Lipinski definition) is 0. The fourth-order valence-corrected chi connectivity index (χ4v) is 8.73. The summed E-state index contributed by atoms with van der Waals surface area (Å²) in [6.45, 7) is 4.63. The number of para-hydroxylation sites is 3. The third-order valence-corrected chi connectivity index (χ3v) is 11.1. The Labute approximate surface area is 294 Å². The molecule has 0 saturated carbocycles. The molecular weight excluding hydrogens is 621 g/mol. The lowest BCUT2D eigenvalue weighted by Crippen LogP contribution is -2.19. The summed E-state index contributed by atoms with van der Waals surface area (Å²) < 4.78 is 4.75. The quantitative estimate of drug-likeness (QED) is 0.190. The molecule has 7 aromatic carbocycles. The van der Waals surface area contributed by atoms with Crippen molar-refractivity contribution < 1.29 is 0 Å². The van der Waals surface area contributed by atoms with Gasteiger partial charge in [0.1, 0.15) is 5.82 Å². The predicted molar refractivity (Wildman–Crippen MR) is 211 cm³/mol. The molecule has 3 heterocycles. The van der Waals surface area contributed by atoms with Crippen molar-refractivity contribution in [3.63, 3.8) is 0 Å². The first kappa shape index (κ1) is 28.3. The summed E-state index contributed by atoms with van der Waals surface area (Å²) in [6, 6.07) is 56.8. The van der Waals surface area contributed by atoms with Gasteiger partial charge in [-0.1, -0.05) is 117 Å². The van der Waals surface area contributed by atoms with Gasteiger partial charge in [0.2, 0.25) is 0 Å². The first-order valence-electron chi connectivity index (χ1n) is 17.6. The van der Waals surface area contributed by atoms with E-state index >= 15 is 0 Å². The van der Waals surface area contributed by atoms with E-state index in [2.05, 4.69) is 181 Å². The molecule has 4 nitrogen and oxygen atoms in total. The lowest BCUT2D eigenvalue weighted by atomic mass is 9.82. The Bertz CT molecular complexity index is 3050. The van der Waals surface area contributed by atoms with Gasteiger partial charge in [0.25, 0.3) is 0 Å². The van der Waals surface area contributed by atoms with Crippen molar-refractivity contribution in [2.24, 2.45) is 0 Å². The van der Waals surface area contributed by atoms with Crippen LogP contribution in [0.1, 0.15) is 25.0 Å². The van der Waals surface area contributed by atoms with Gasteiger partial charge in [-0.2, -0.15) is 0 Å². The van der Waals surface area contributed by atoms with E-state index in [9.17, 15) is 0 Å². The summed E-state index contributed by atoms with van der Waals surface area (Å²) in [5.74, 6) is 1.66. The molecule has 0 N–H and O–H groups in total. The molecule has 0 amide bonds. The van der Waals surface area contributed by atoms with E-state index in [1.54, 1.807) is 0 Å².